The Morgan fingerprint density at radius 3 is 3.00 bits per heavy atom. The van der Waals surface area contributed by atoms with Crippen molar-refractivity contribution in [3.8, 4) is 5.75 Å². The first-order valence-corrected chi connectivity index (χ1v) is 8.14. The van der Waals surface area contributed by atoms with Gasteiger partial charge in [-0.1, -0.05) is 23.8 Å². The van der Waals surface area contributed by atoms with E-state index in [1.165, 1.54) is 17.2 Å². The highest BCUT2D eigenvalue weighted by molar-refractivity contribution is 5.86. The minimum atomic E-state index is -0.399. The maximum absolute atomic E-state index is 11.7. The van der Waals surface area contributed by atoms with Gasteiger partial charge in [0.15, 0.2) is 0 Å². The Bertz CT molecular complexity index is 854. The van der Waals surface area contributed by atoms with Gasteiger partial charge in [0.2, 0.25) is 0 Å². The molecule has 2 heterocycles. The van der Waals surface area contributed by atoms with Gasteiger partial charge < -0.3 is 13.9 Å². The SMILES string of the molecule is CC(C)=C[C@H]1CC(=CCOc2cc(=O)oc3cccc(C)c23)CO1. The van der Waals surface area contributed by atoms with Crippen molar-refractivity contribution in [3.05, 3.63) is 63.5 Å². The van der Waals surface area contributed by atoms with Gasteiger partial charge in [0, 0.05) is 6.42 Å². The van der Waals surface area contributed by atoms with Crippen LogP contribution in [0.1, 0.15) is 25.8 Å². The molecular weight excluding hydrogens is 304 g/mol. The van der Waals surface area contributed by atoms with E-state index in [0.717, 1.165) is 17.4 Å². The first kappa shape index (κ1) is 16.5. The van der Waals surface area contributed by atoms with Crippen molar-refractivity contribution in [2.24, 2.45) is 0 Å². The van der Waals surface area contributed by atoms with E-state index in [9.17, 15) is 4.79 Å². The van der Waals surface area contributed by atoms with Crippen molar-refractivity contribution in [2.45, 2.75) is 33.3 Å². The van der Waals surface area contributed by atoms with Crippen molar-refractivity contribution < 1.29 is 13.9 Å². The average Bonchev–Trinajstić information content (AvgIpc) is 2.93. The van der Waals surface area contributed by atoms with Crippen LogP contribution in [0.5, 0.6) is 5.75 Å². The van der Waals surface area contributed by atoms with Gasteiger partial charge in [0.25, 0.3) is 0 Å². The first-order chi connectivity index (χ1) is 11.5. The van der Waals surface area contributed by atoms with Gasteiger partial charge in [0.05, 0.1) is 24.2 Å². The Labute approximate surface area is 141 Å². The summed E-state index contributed by atoms with van der Waals surface area (Å²) >= 11 is 0. The molecule has 1 fully saturated rings. The van der Waals surface area contributed by atoms with Crippen molar-refractivity contribution >= 4 is 11.0 Å². The van der Waals surface area contributed by atoms with Crippen molar-refractivity contribution in [2.75, 3.05) is 13.2 Å². The molecule has 3 rings (SSSR count). The van der Waals surface area contributed by atoms with E-state index in [2.05, 4.69) is 19.9 Å². The largest absolute Gasteiger partial charge is 0.488 e. The zero-order chi connectivity index (χ0) is 17.1. The van der Waals surface area contributed by atoms with Gasteiger partial charge >= 0.3 is 5.63 Å². The molecule has 1 saturated heterocycles. The summed E-state index contributed by atoms with van der Waals surface area (Å²) in [6, 6.07) is 7.03. The average molecular weight is 326 g/mol. The zero-order valence-corrected chi connectivity index (χ0v) is 14.3. The van der Waals surface area contributed by atoms with Gasteiger partial charge in [0.1, 0.15) is 17.9 Å². The molecule has 0 saturated carbocycles. The molecule has 0 spiro atoms. The van der Waals surface area contributed by atoms with Crippen LogP contribution < -0.4 is 10.4 Å². The maximum Gasteiger partial charge on any atom is 0.339 e. The number of fused-ring (bicyclic) bond motifs is 1. The Hall–Kier alpha value is -2.33. The number of allylic oxidation sites excluding steroid dienone is 1. The highest BCUT2D eigenvalue weighted by Crippen LogP contribution is 2.27. The van der Waals surface area contributed by atoms with Crippen LogP contribution in [-0.4, -0.2) is 19.3 Å². The van der Waals surface area contributed by atoms with Crippen LogP contribution in [0.3, 0.4) is 0 Å². The third-order valence-electron chi connectivity index (χ3n) is 4.02. The lowest BCUT2D eigenvalue weighted by molar-refractivity contribution is 0.149. The summed E-state index contributed by atoms with van der Waals surface area (Å²) in [5, 5.41) is 0.848. The molecule has 24 heavy (non-hydrogen) atoms. The van der Waals surface area contributed by atoms with E-state index < -0.39 is 5.63 Å². The molecule has 1 atom stereocenters. The van der Waals surface area contributed by atoms with Crippen LogP contribution in [0.2, 0.25) is 0 Å². The van der Waals surface area contributed by atoms with Gasteiger partial charge in [-0.2, -0.15) is 0 Å². The van der Waals surface area contributed by atoms with Gasteiger partial charge in [-0.15, -0.1) is 0 Å². The Kier molecular flexibility index (Phi) is 4.86. The molecule has 1 aliphatic rings. The number of benzene rings is 1. The predicted molar refractivity (Wildman–Crippen MR) is 94.6 cm³/mol. The van der Waals surface area contributed by atoms with E-state index >= 15 is 0 Å². The molecule has 1 aromatic carbocycles. The fourth-order valence-corrected chi connectivity index (χ4v) is 2.93. The normalized spacial score (nSPS) is 19.0. The van der Waals surface area contributed by atoms with Crippen LogP contribution in [-0.2, 0) is 4.74 Å². The summed E-state index contributed by atoms with van der Waals surface area (Å²) in [6.45, 7) is 7.16. The summed E-state index contributed by atoms with van der Waals surface area (Å²) in [6.07, 6.45) is 5.23. The third-order valence-corrected chi connectivity index (χ3v) is 4.02. The molecule has 1 aromatic heterocycles. The van der Waals surface area contributed by atoms with Crippen LogP contribution in [0.25, 0.3) is 11.0 Å². The van der Waals surface area contributed by atoms with Crippen LogP contribution in [0.15, 0.2) is 56.8 Å². The number of ether oxygens (including phenoxy) is 2. The standard InChI is InChI=1S/C20H22O4/c1-13(2)9-16-10-15(12-23-16)7-8-22-18-11-19(21)24-17-6-4-5-14(3)20(17)18/h4-7,9,11,16H,8,10,12H2,1-3H3/t16-/m0/s1. The molecule has 1 aliphatic heterocycles. The third kappa shape index (κ3) is 3.77. The number of hydrogen-bond acceptors (Lipinski definition) is 4. The van der Waals surface area contributed by atoms with Crippen molar-refractivity contribution in [1.82, 2.24) is 0 Å². The minimum absolute atomic E-state index is 0.160. The lowest BCUT2D eigenvalue weighted by Gasteiger charge is -2.08. The molecule has 4 heteroatoms. The fraction of sp³-hybridized carbons (Fsp3) is 0.350. The van der Waals surface area contributed by atoms with Gasteiger partial charge in [-0.3, -0.25) is 0 Å². The van der Waals surface area contributed by atoms with Crippen LogP contribution in [0, 0.1) is 6.92 Å². The molecule has 0 amide bonds. The lowest BCUT2D eigenvalue weighted by atomic mass is 10.1. The highest BCUT2D eigenvalue weighted by atomic mass is 16.5. The molecule has 0 aliphatic carbocycles. The Balaban J connectivity index is 1.74. The van der Waals surface area contributed by atoms with Gasteiger partial charge in [-0.25, -0.2) is 4.79 Å². The summed E-state index contributed by atoms with van der Waals surface area (Å²) < 4.78 is 16.8. The molecule has 0 bridgehead atoms. The topological polar surface area (TPSA) is 48.7 Å². The van der Waals surface area contributed by atoms with Crippen molar-refractivity contribution in [3.63, 3.8) is 0 Å². The summed E-state index contributed by atoms with van der Waals surface area (Å²) in [5.74, 6) is 0.566. The number of rotatable bonds is 4. The van der Waals surface area contributed by atoms with E-state index in [1.807, 2.05) is 25.1 Å². The second-order valence-corrected chi connectivity index (χ2v) is 6.35. The highest BCUT2D eigenvalue weighted by Gasteiger charge is 2.17. The van der Waals surface area contributed by atoms with E-state index in [1.54, 1.807) is 6.07 Å². The smallest absolute Gasteiger partial charge is 0.339 e. The number of hydrogen-bond donors (Lipinski definition) is 0. The Morgan fingerprint density at radius 2 is 2.21 bits per heavy atom. The van der Waals surface area contributed by atoms with E-state index in [4.69, 9.17) is 13.9 Å². The van der Waals surface area contributed by atoms with E-state index in [0.29, 0.717) is 24.5 Å². The monoisotopic (exact) mass is 326 g/mol. The molecule has 2 aromatic rings. The molecule has 0 radical (unpaired) electrons. The quantitative estimate of drug-likeness (QED) is 0.625. The van der Waals surface area contributed by atoms with Crippen LogP contribution in [0.4, 0.5) is 0 Å². The molecular formula is C20H22O4. The first-order valence-electron chi connectivity index (χ1n) is 8.14. The molecule has 4 nitrogen and oxygen atoms in total. The van der Waals surface area contributed by atoms with E-state index in [-0.39, 0.29) is 6.10 Å². The zero-order valence-electron chi connectivity index (χ0n) is 14.3. The molecule has 0 unspecified atom stereocenters. The molecule has 126 valence electrons. The second-order valence-electron chi connectivity index (χ2n) is 6.35. The van der Waals surface area contributed by atoms with Crippen LogP contribution >= 0.6 is 0 Å². The van der Waals surface area contributed by atoms with Gasteiger partial charge in [-0.05, 0) is 44.1 Å². The lowest BCUT2D eigenvalue weighted by Crippen LogP contribution is -2.03. The predicted octanol–water partition coefficient (Wildman–Crippen LogP) is 4.16. The summed E-state index contributed by atoms with van der Waals surface area (Å²) in [4.78, 5) is 11.7. The van der Waals surface area contributed by atoms with Crippen molar-refractivity contribution in [1.29, 1.82) is 0 Å². The summed E-state index contributed by atoms with van der Waals surface area (Å²) in [5.41, 5.74) is 3.66. The summed E-state index contributed by atoms with van der Waals surface area (Å²) in [7, 11) is 0. The maximum atomic E-state index is 11.7. The second kappa shape index (κ2) is 7.05. The minimum Gasteiger partial charge on any atom is -0.488 e. The number of aryl methyl sites for hydroxylation is 1. The Morgan fingerprint density at radius 1 is 1.38 bits per heavy atom. The fourth-order valence-electron chi connectivity index (χ4n) is 2.93. The molecule has 0 N–H and O–H groups in total.